The highest BCUT2D eigenvalue weighted by Crippen LogP contribution is 2.24. The Hall–Kier alpha value is -3.91. The van der Waals surface area contributed by atoms with Gasteiger partial charge in [-0.15, -0.1) is 6.58 Å². The standard InChI is InChI=1S/C28H35N3O5/c1-6-16-31(26(34)23(19-32)30-27(35)36-28(3,4)5)24(22-15-11-14-20(7-2)17-22)25(33)29-18-21-12-9-8-10-13-21/h6-15,17,23-24,32H,1-2,16,18-19H2,3-5H3,(H,29,33)(H,30,35). The van der Waals surface area contributed by atoms with Crippen LogP contribution in [0.1, 0.15) is 43.5 Å². The Balaban J connectivity index is 2.40. The van der Waals surface area contributed by atoms with E-state index in [0.717, 1.165) is 11.1 Å². The lowest BCUT2D eigenvalue weighted by molar-refractivity contribution is -0.142. The van der Waals surface area contributed by atoms with Crippen LogP contribution in [0.5, 0.6) is 0 Å². The van der Waals surface area contributed by atoms with Crippen LogP contribution in [-0.2, 0) is 20.9 Å². The number of carbonyl (C=O) groups excluding carboxylic acids is 3. The summed E-state index contributed by atoms with van der Waals surface area (Å²) in [4.78, 5) is 40.7. The van der Waals surface area contributed by atoms with Crippen LogP contribution in [0.3, 0.4) is 0 Å². The molecule has 3 amide bonds. The second-order valence-electron chi connectivity index (χ2n) is 9.14. The highest BCUT2D eigenvalue weighted by atomic mass is 16.6. The second-order valence-corrected chi connectivity index (χ2v) is 9.14. The molecule has 0 aliphatic carbocycles. The molecule has 0 heterocycles. The molecule has 0 bridgehead atoms. The number of aliphatic hydroxyl groups is 1. The highest BCUT2D eigenvalue weighted by molar-refractivity contribution is 5.92. The van der Waals surface area contributed by atoms with E-state index in [9.17, 15) is 19.5 Å². The van der Waals surface area contributed by atoms with E-state index >= 15 is 0 Å². The molecule has 0 spiro atoms. The second kappa shape index (κ2) is 13.3. The summed E-state index contributed by atoms with van der Waals surface area (Å²) in [5, 5.41) is 15.2. The van der Waals surface area contributed by atoms with Gasteiger partial charge in [0.1, 0.15) is 17.7 Å². The van der Waals surface area contributed by atoms with E-state index in [2.05, 4.69) is 23.8 Å². The van der Waals surface area contributed by atoms with Crippen LogP contribution in [0.2, 0.25) is 0 Å². The molecule has 8 nitrogen and oxygen atoms in total. The first-order chi connectivity index (χ1) is 17.1. The molecule has 2 unspecified atom stereocenters. The summed E-state index contributed by atoms with van der Waals surface area (Å²) < 4.78 is 5.23. The monoisotopic (exact) mass is 493 g/mol. The number of ether oxygens (including phenoxy) is 1. The van der Waals surface area contributed by atoms with Crippen molar-refractivity contribution in [1.82, 2.24) is 15.5 Å². The van der Waals surface area contributed by atoms with Gasteiger partial charge in [0.2, 0.25) is 11.8 Å². The van der Waals surface area contributed by atoms with Crippen LogP contribution in [0, 0.1) is 0 Å². The summed E-state index contributed by atoms with van der Waals surface area (Å²) in [6, 6.07) is 14.1. The van der Waals surface area contributed by atoms with E-state index in [1.54, 1.807) is 45.0 Å². The number of carbonyl (C=O) groups is 3. The average Bonchev–Trinajstić information content (AvgIpc) is 2.85. The molecule has 0 fully saturated rings. The summed E-state index contributed by atoms with van der Waals surface area (Å²) in [6.45, 7) is 12.1. The van der Waals surface area contributed by atoms with Crippen molar-refractivity contribution in [1.29, 1.82) is 0 Å². The Labute approximate surface area is 212 Å². The summed E-state index contributed by atoms with van der Waals surface area (Å²) in [7, 11) is 0. The predicted molar refractivity (Wildman–Crippen MR) is 140 cm³/mol. The van der Waals surface area contributed by atoms with Crippen LogP contribution >= 0.6 is 0 Å². The maximum atomic E-state index is 13.6. The topological polar surface area (TPSA) is 108 Å². The lowest BCUT2D eigenvalue weighted by Gasteiger charge is -2.33. The van der Waals surface area contributed by atoms with Crippen LogP contribution in [0.25, 0.3) is 6.08 Å². The maximum absolute atomic E-state index is 13.6. The molecule has 0 aliphatic rings. The van der Waals surface area contributed by atoms with Crippen molar-refractivity contribution in [3.05, 3.63) is 90.5 Å². The van der Waals surface area contributed by atoms with E-state index in [0.29, 0.717) is 5.56 Å². The number of nitrogens with one attached hydrogen (secondary N) is 2. The summed E-state index contributed by atoms with van der Waals surface area (Å²) in [5.41, 5.74) is 1.41. The van der Waals surface area contributed by atoms with Crippen molar-refractivity contribution in [3.63, 3.8) is 0 Å². The van der Waals surface area contributed by atoms with E-state index in [4.69, 9.17) is 4.74 Å². The molecule has 2 atom stereocenters. The molecular formula is C28H35N3O5. The van der Waals surface area contributed by atoms with Gasteiger partial charge < -0.3 is 25.4 Å². The van der Waals surface area contributed by atoms with E-state index in [-0.39, 0.29) is 13.1 Å². The molecule has 192 valence electrons. The predicted octanol–water partition coefficient (Wildman–Crippen LogP) is 3.59. The van der Waals surface area contributed by atoms with Crippen LogP contribution in [0.4, 0.5) is 4.79 Å². The van der Waals surface area contributed by atoms with Gasteiger partial charge in [0, 0.05) is 13.1 Å². The van der Waals surface area contributed by atoms with Crippen molar-refractivity contribution in [2.24, 2.45) is 0 Å². The quantitative estimate of drug-likeness (QED) is 0.415. The molecule has 0 saturated heterocycles. The molecule has 0 radical (unpaired) electrons. The molecule has 0 aliphatic heterocycles. The molecule has 8 heteroatoms. The van der Waals surface area contributed by atoms with Crippen LogP contribution < -0.4 is 10.6 Å². The molecule has 2 aromatic rings. The Bertz CT molecular complexity index is 1060. The smallest absolute Gasteiger partial charge is 0.408 e. The molecular weight excluding hydrogens is 458 g/mol. The summed E-state index contributed by atoms with van der Waals surface area (Å²) >= 11 is 0. The number of rotatable bonds is 11. The normalized spacial score (nSPS) is 12.6. The third kappa shape index (κ3) is 8.39. The molecule has 0 aromatic heterocycles. The van der Waals surface area contributed by atoms with Gasteiger partial charge in [-0.25, -0.2) is 4.79 Å². The number of benzene rings is 2. The zero-order chi connectivity index (χ0) is 26.7. The largest absolute Gasteiger partial charge is 0.444 e. The molecule has 3 N–H and O–H groups in total. The fraction of sp³-hybridized carbons (Fsp3) is 0.321. The zero-order valence-corrected chi connectivity index (χ0v) is 21.1. The van der Waals surface area contributed by atoms with Gasteiger partial charge in [-0.2, -0.15) is 0 Å². The van der Waals surface area contributed by atoms with E-state index in [1.165, 1.54) is 11.0 Å². The van der Waals surface area contributed by atoms with Crippen molar-refractivity contribution in [2.75, 3.05) is 13.2 Å². The Morgan fingerprint density at radius 3 is 2.36 bits per heavy atom. The average molecular weight is 494 g/mol. The Morgan fingerprint density at radius 1 is 1.08 bits per heavy atom. The van der Waals surface area contributed by atoms with Gasteiger partial charge in [0.15, 0.2) is 0 Å². The maximum Gasteiger partial charge on any atom is 0.408 e. The zero-order valence-electron chi connectivity index (χ0n) is 21.1. The first-order valence-electron chi connectivity index (χ1n) is 11.7. The van der Waals surface area contributed by atoms with Gasteiger partial charge in [0.25, 0.3) is 0 Å². The summed E-state index contributed by atoms with van der Waals surface area (Å²) in [6.07, 6.45) is 2.27. The molecule has 2 aromatic carbocycles. The third-order valence-corrected chi connectivity index (χ3v) is 5.11. The number of amides is 3. The van der Waals surface area contributed by atoms with Crippen LogP contribution in [-0.4, -0.2) is 52.7 Å². The Kier molecular flexibility index (Phi) is 10.4. The first-order valence-corrected chi connectivity index (χ1v) is 11.7. The number of nitrogens with zero attached hydrogens (tertiary/aromatic N) is 1. The number of aliphatic hydroxyl groups excluding tert-OH is 1. The van der Waals surface area contributed by atoms with Gasteiger partial charge in [-0.3, -0.25) is 9.59 Å². The minimum atomic E-state index is -1.33. The van der Waals surface area contributed by atoms with Crippen molar-refractivity contribution >= 4 is 24.0 Å². The molecule has 0 saturated carbocycles. The van der Waals surface area contributed by atoms with E-state index < -0.39 is 42.2 Å². The van der Waals surface area contributed by atoms with Crippen LogP contribution in [0.15, 0.2) is 73.8 Å². The number of hydrogen-bond donors (Lipinski definition) is 3. The lowest BCUT2D eigenvalue weighted by atomic mass is 10.00. The van der Waals surface area contributed by atoms with Crippen molar-refractivity contribution in [3.8, 4) is 0 Å². The van der Waals surface area contributed by atoms with E-state index in [1.807, 2.05) is 36.4 Å². The van der Waals surface area contributed by atoms with Gasteiger partial charge in [-0.05, 0) is 43.5 Å². The SMILES string of the molecule is C=CCN(C(=O)C(CO)NC(=O)OC(C)(C)C)C(C(=O)NCc1ccccc1)c1cccc(C=C)c1. The van der Waals surface area contributed by atoms with Gasteiger partial charge in [0.05, 0.1) is 6.61 Å². The first kappa shape index (κ1) is 28.3. The third-order valence-electron chi connectivity index (χ3n) is 5.11. The minimum absolute atomic E-state index is 0.00687. The minimum Gasteiger partial charge on any atom is -0.444 e. The fourth-order valence-corrected chi connectivity index (χ4v) is 3.51. The number of alkyl carbamates (subject to hydrolysis) is 1. The fourth-order valence-electron chi connectivity index (χ4n) is 3.51. The molecule has 2 rings (SSSR count). The van der Waals surface area contributed by atoms with Crippen molar-refractivity contribution < 1.29 is 24.2 Å². The molecule has 36 heavy (non-hydrogen) atoms. The Morgan fingerprint density at radius 2 is 1.78 bits per heavy atom. The highest BCUT2D eigenvalue weighted by Gasteiger charge is 2.35. The number of hydrogen-bond acceptors (Lipinski definition) is 5. The van der Waals surface area contributed by atoms with Gasteiger partial charge in [-0.1, -0.05) is 67.3 Å². The lowest BCUT2D eigenvalue weighted by Crippen LogP contribution is -2.54. The van der Waals surface area contributed by atoms with Gasteiger partial charge >= 0.3 is 6.09 Å². The van der Waals surface area contributed by atoms with Crippen molar-refractivity contribution in [2.45, 2.75) is 45.0 Å². The summed E-state index contributed by atoms with van der Waals surface area (Å²) in [5.74, 6) is -1.09.